The van der Waals surface area contributed by atoms with Gasteiger partial charge in [0.15, 0.2) is 0 Å². The van der Waals surface area contributed by atoms with E-state index in [-0.39, 0.29) is 6.61 Å². The quantitative estimate of drug-likeness (QED) is 0.327. The maximum atomic E-state index is 12.9. The van der Waals surface area contributed by atoms with Crippen molar-refractivity contribution in [3.05, 3.63) is 23.8 Å². The fourth-order valence-electron chi connectivity index (χ4n) is 1.44. The van der Waals surface area contributed by atoms with Crippen molar-refractivity contribution in [1.82, 2.24) is 0 Å². The van der Waals surface area contributed by atoms with Gasteiger partial charge in [0, 0.05) is 0 Å². The van der Waals surface area contributed by atoms with Crippen LogP contribution in [-0.4, -0.2) is 21.8 Å². The van der Waals surface area contributed by atoms with Gasteiger partial charge in [-0.25, -0.2) is 4.18 Å². The van der Waals surface area contributed by atoms with Crippen molar-refractivity contribution in [2.24, 2.45) is 0 Å². The number of ether oxygens (including phenoxy) is 1. The SMILES string of the molecule is CCOc1cccc(C(F)(F)F)c1S(=O)(=O)OCO[PH+]=O. The summed E-state index contributed by atoms with van der Waals surface area (Å²) >= 11 is 0. The Balaban J connectivity index is 3.38. The Morgan fingerprint density at radius 1 is 1.29 bits per heavy atom. The lowest BCUT2D eigenvalue weighted by molar-refractivity contribution is -0.140. The van der Waals surface area contributed by atoms with Gasteiger partial charge in [0.05, 0.1) is 12.2 Å². The predicted molar refractivity (Wildman–Crippen MR) is 65.8 cm³/mol. The Kier molecular flexibility index (Phi) is 6.09. The molecule has 0 saturated carbocycles. The summed E-state index contributed by atoms with van der Waals surface area (Å²) in [6.07, 6.45) is -4.92. The van der Waals surface area contributed by atoms with E-state index < -0.39 is 48.0 Å². The smallest absolute Gasteiger partial charge is 0.492 e. The summed E-state index contributed by atoms with van der Waals surface area (Å²) in [5.74, 6) is -0.489. The number of hydrogen-bond acceptors (Lipinski definition) is 6. The Morgan fingerprint density at radius 2 is 1.95 bits per heavy atom. The maximum Gasteiger partial charge on any atom is 0.496 e. The largest absolute Gasteiger partial charge is 0.496 e. The van der Waals surface area contributed by atoms with Crippen LogP contribution in [-0.2, 0) is 29.6 Å². The summed E-state index contributed by atoms with van der Waals surface area (Å²) in [5.41, 5.74) is -1.42. The minimum Gasteiger partial charge on any atom is -0.492 e. The first-order valence-corrected chi connectivity index (χ1v) is 7.68. The molecule has 0 saturated heterocycles. The van der Waals surface area contributed by atoms with E-state index in [1.54, 1.807) is 0 Å². The summed E-state index contributed by atoms with van der Waals surface area (Å²) in [6.45, 7) is 0.476. The van der Waals surface area contributed by atoms with Crippen molar-refractivity contribution >= 4 is 18.8 Å². The minimum absolute atomic E-state index is 0.0394. The normalized spacial score (nSPS) is 12.6. The molecule has 0 aliphatic heterocycles. The number of hydrogen-bond donors (Lipinski definition) is 0. The second-order valence-corrected chi connectivity index (χ2v) is 5.49. The first-order chi connectivity index (χ1) is 9.74. The van der Waals surface area contributed by atoms with E-state index in [1.165, 1.54) is 6.92 Å². The van der Waals surface area contributed by atoms with Crippen LogP contribution in [0.5, 0.6) is 5.75 Å². The van der Waals surface area contributed by atoms with Gasteiger partial charge in [-0.05, 0) is 23.6 Å². The van der Waals surface area contributed by atoms with Gasteiger partial charge < -0.3 is 4.74 Å². The highest BCUT2D eigenvalue weighted by atomic mass is 32.2. The summed E-state index contributed by atoms with van der Waals surface area (Å²) in [4.78, 5) is -1.14. The van der Waals surface area contributed by atoms with E-state index in [4.69, 9.17) is 4.74 Å². The molecule has 6 nitrogen and oxygen atoms in total. The van der Waals surface area contributed by atoms with Crippen LogP contribution < -0.4 is 4.74 Å². The van der Waals surface area contributed by atoms with Crippen LogP contribution in [0.15, 0.2) is 23.1 Å². The van der Waals surface area contributed by atoms with Crippen molar-refractivity contribution in [3.8, 4) is 5.75 Å². The molecule has 1 rings (SSSR count). The highest BCUT2D eigenvalue weighted by molar-refractivity contribution is 7.87. The summed E-state index contributed by atoms with van der Waals surface area (Å²) in [6, 6.07) is 2.68. The molecule has 0 aliphatic carbocycles. The van der Waals surface area contributed by atoms with Crippen molar-refractivity contribution < 1.29 is 39.6 Å². The van der Waals surface area contributed by atoms with Crippen LogP contribution in [0.1, 0.15) is 12.5 Å². The standard InChI is InChI=1S/C10H11F3O6PS/c1-2-17-8-5-3-4-7(10(11,12)13)9(8)21(15,16)19-6-18-20-14/h3-5,20H,2,6H2,1H3/q+1. The van der Waals surface area contributed by atoms with Gasteiger partial charge in [-0.3, -0.25) is 0 Å². The highest BCUT2D eigenvalue weighted by Gasteiger charge is 2.40. The lowest BCUT2D eigenvalue weighted by atomic mass is 10.2. The van der Waals surface area contributed by atoms with Gasteiger partial charge in [-0.15, -0.1) is 4.52 Å². The molecular formula is C10H11F3O6PS+. The zero-order chi connectivity index (χ0) is 16.1. The van der Waals surface area contributed by atoms with Crippen LogP contribution in [0.3, 0.4) is 0 Å². The average Bonchev–Trinajstić information content (AvgIpc) is 2.38. The van der Waals surface area contributed by atoms with Crippen molar-refractivity contribution in [2.75, 3.05) is 13.4 Å². The lowest BCUT2D eigenvalue weighted by Gasteiger charge is -2.16. The molecule has 1 unspecified atom stereocenters. The first kappa shape index (κ1) is 17.8. The molecule has 1 aromatic carbocycles. The third-order valence-corrected chi connectivity index (χ3v) is 3.72. The summed E-state index contributed by atoms with van der Waals surface area (Å²) in [7, 11) is -6.11. The van der Waals surface area contributed by atoms with Crippen LogP contribution in [0.4, 0.5) is 13.2 Å². The van der Waals surface area contributed by atoms with Crippen molar-refractivity contribution in [3.63, 3.8) is 0 Å². The maximum absolute atomic E-state index is 12.9. The molecule has 118 valence electrons. The van der Waals surface area contributed by atoms with Gasteiger partial charge in [0.1, 0.15) is 10.6 Å². The molecule has 0 spiro atoms. The van der Waals surface area contributed by atoms with Gasteiger partial charge in [0.25, 0.3) is 0 Å². The molecule has 0 aromatic heterocycles. The number of halogens is 3. The molecule has 0 heterocycles. The molecular weight excluding hydrogens is 336 g/mol. The third-order valence-electron chi connectivity index (χ3n) is 2.16. The van der Waals surface area contributed by atoms with E-state index in [0.717, 1.165) is 12.1 Å². The Morgan fingerprint density at radius 3 is 2.48 bits per heavy atom. The second kappa shape index (κ2) is 7.17. The first-order valence-electron chi connectivity index (χ1n) is 5.45. The summed E-state index contributed by atoms with van der Waals surface area (Å²) in [5, 5.41) is 0. The molecule has 0 N–H and O–H groups in total. The fourth-order valence-corrected chi connectivity index (χ4v) is 2.75. The van der Waals surface area contributed by atoms with Gasteiger partial charge in [0.2, 0.25) is 6.79 Å². The van der Waals surface area contributed by atoms with E-state index in [9.17, 15) is 26.2 Å². The Hall–Kier alpha value is -1.22. The van der Waals surface area contributed by atoms with Crippen molar-refractivity contribution in [2.45, 2.75) is 18.0 Å². The number of benzene rings is 1. The zero-order valence-corrected chi connectivity index (χ0v) is 12.5. The van der Waals surface area contributed by atoms with Crippen LogP contribution in [0.25, 0.3) is 0 Å². The molecule has 11 heteroatoms. The van der Waals surface area contributed by atoms with E-state index in [1.807, 2.05) is 0 Å². The zero-order valence-electron chi connectivity index (χ0n) is 10.6. The summed E-state index contributed by atoms with van der Waals surface area (Å²) < 4.78 is 86.0. The van der Waals surface area contributed by atoms with E-state index >= 15 is 0 Å². The second-order valence-electron chi connectivity index (χ2n) is 3.48. The highest BCUT2D eigenvalue weighted by Crippen LogP contribution is 2.39. The predicted octanol–water partition coefficient (Wildman–Crippen LogP) is 2.72. The van der Waals surface area contributed by atoms with Crippen LogP contribution in [0.2, 0.25) is 0 Å². The van der Waals surface area contributed by atoms with E-state index in [2.05, 4.69) is 8.71 Å². The van der Waals surface area contributed by atoms with Gasteiger partial charge in [-0.1, -0.05) is 6.07 Å². The fraction of sp³-hybridized carbons (Fsp3) is 0.400. The molecule has 0 fully saturated rings. The van der Waals surface area contributed by atoms with Crippen molar-refractivity contribution in [1.29, 1.82) is 0 Å². The van der Waals surface area contributed by atoms with Crippen LogP contribution in [0, 0.1) is 0 Å². The van der Waals surface area contributed by atoms with E-state index in [0.29, 0.717) is 6.07 Å². The lowest BCUT2D eigenvalue weighted by Crippen LogP contribution is -2.17. The average molecular weight is 347 g/mol. The molecule has 0 amide bonds. The Bertz CT molecular complexity index is 601. The molecule has 1 aromatic rings. The topological polar surface area (TPSA) is 78.9 Å². The molecule has 1 atom stereocenters. The minimum atomic E-state index is -4.92. The Labute approximate surface area is 120 Å². The molecule has 0 radical (unpaired) electrons. The van der Waals surface area contributed by atoms with Crippen LogP contribution >= 0.6 is 8.69 Å². The number of rotatable bonds is 7. The molecule has 21 heavy (non-hydrogen) atoms. The third kappa shape index (κ3) is 4.63. The molecule has 0 bridgehead atoms. The number of alkyl halides is 3. The van der Waals surface area contributed by atoms with Gasteiger partial charge >= 0.3 is 25.0 Å². The monoisotopic (exact) mass is 347 g/mol. The molecule has 0 aliphatic rings. The van der Waals surface area contributed by atoms with Gasteiger partial charge in [-0.2, -0.15) is 21.6 Å².